The molecule has 0 saturated heterocycles. The minimum Gasteiger partial charge on any atom is -0.441 e. The summed E-state index contributed by atoms with van der Waals surface area (Å²) in [6, 6.07) is 0. The molecule has 0 aromatic heterocycles. The van der Waals surface area contributed by atoms with Crippen molar-refractivity contribution in [2.45, 2.75) is 13.0 Å². The molecule has 0 bridgehead atoms. The molecule has 0 rings (SSSR count). The van der Waals surface area contributed by atoms with Crippen LogP contribution >= 0.6 is 0 Å². The van der Waals surface area contributed by atoms with Crippen LogP contribution in [0.3, 0.4) is 0 Å². The summed E-state index contributed by atoms with van der Waals surface area (Å²) < 4.78 is 9.64. The number of rotatable bonds is 3. The van der Waals surface area contributed by atoms with Crippen molar-refractivity contribution in [3.05, 3.63) is 0 Å². The van der Waals surface area contributed by atoms with E-state index in [1.807, 2.05) is 6.92 Å². The summed E-state index contributed by atoms with van der Waals surface area (Å²) >= 11 is 0. The van der Waals surface area contributed by atoms with E-state index in [9.17, 15) is 0 Å². The van der Waals surface area contributed by atoms with Crippen molar-refractivity contribution in [3.8, 4) is 0 Å². The van der Waals surface area contributed by atoms with Crippen molar-refractivity contribution < 1.29 is 9.39 Å². The van der Waals surface area contributed by atoms with E-state index in [1.165, 1.54) is 0 Å². The number of hydrogen-bond donors (Lipinski definition) is 0. The minimum atomic E-state index is 0.227. The zero-order valence-corrected chi connectivity index (χ0v) is 5.10. The van der Waals surface area contributed by atoms with Crippen LogP contribution in [0.2, 0.25) is 0 Å². The Kier molecular flexibility index (Phi) is 4.14. The third kappa shape index (κ3) is 3.82. The third-order valence-electron chi connectivity index (χ3n) is 0.804. The van der Waals surface area contributed by atoms with Gasteiger partial charge in [0.15, 0.2) is 0 Å². The fourth-order valence-electron chi connectivity index (χ4n) is 0.303. The summed E-state index contributed by atoms with van der Waals surface area (Å²) in [6.45, 7) is 2.64. The Balaban J connectivity index is 2.83. The second kappa shape index (κ2) is 4.15. The highest BCUT2D eigenvalue weighted by atomic mass is 16.5. The fourth-order valence-corrected chi connectivity index (χ4v) is 0.303. The molecule has 0 aromatic rings. The van der Waals surface area contributed by atoms with E-state index in [0.29, 0.717) is 6.61 Å². The van der Waals surface area contributed by atoms with E-state index in [4.69, 9.17) is 9.39 Å². The molecule has 1 unspecified atom stereocenters. The van der Waals surface area contributed by atoms with Gasteiger partial charge in [0.25, 0.3) is 8.05 Å². The Morgan fingerprint density at radius 3 is 2.43 bits per heavy atom. The summed E-state index contributed by atoms with van der Waals surface area (Å²) in [4.78, 5) is 0. The normalized spacial score (nSPS) is 14.0. The average Bonchev–Trinajstić information content (AvgIpc) is 1.68. The van der Waals surface area contributed by atoms with Crippen LogP contribution in [0.25, 0.3) is 0 Å². The van der Waals surface area contributed by atoms with Crippen molar-refractivity contribution in [1.82, 2.24) is 0 Å². The topological polar surface area (TPSA) is 18.5 Å². The van der Waals surface area contributed by atoms with Crippen LogP contribution in [-0.2, 0) is 9.39 Å². The van der Waals surface area contributed by atoms with Gasteiger partial charge in [-0.2, -0.15) is 0 Å². The molecule has 0 heterocycles. The maximum atomic E-state index is 4.87. The molecular weight excluding hydrogens is 90.9 g/mol. The lowest BCUT2D eigenvalue weighted by Crippen LogP contribution is -2.11. The Labute approximate surface area is 45.2 Å². The van der Waals surface area contributed by atoms with Gasteiger partial charge in [-0.05, 0) is 6.92 Å². The average molecular weight is 102 g/mol. The predicted octanol–water partition coefficient (Wildman–Crippen LogP) is -0.414. The lowest BCUT2D eigenvalue weighted by Gasteiger charge is -2.05. The van der Waals surface area contributed by atoms with Gasteiger partial charge in [-0.25, -0.2) is 0 Å². The highest BCUT2D eigenvalue weighted by Crippen LogP contribution is 1.84. The molecule has 0 aliphatic carbocycles. The Hall–Kier alpha value is -0.0151. The fraction of sp³-hybridized carbons (Fsp3) is 1.00. The number of ether oxygens (including phenoxy) is 1. The van der Waals surface area contributed by atoms with Crippen molar-refractivity contribution in [2.24, 2.45) is 0 Å². The van der Waals surface area contributed by atoms with E-state index in [1.54, 1.807) is 15.2 Å². The van der Waals surface area contributed by atoms with E-state index in [-0.39, 0.29) is 6.10 Å². The molecule has 1 atom stereocenters. The smallest absolute Gasteiger partial charge is 0.257 e. The standard InChI is InChI=1S/C4H11BO2/c1-4(6-2)3-7-5/h4H,3,5H2,1-2H3. The molecule has 0 spiro atoms. The molecule has 0 aliphatic rings. The van der Waals surface area contributed by atoms with Gasteiger partial charge in [0.1, 0.15) is 0 Å². The largest absolute Gasteiger partial charge is 0.441 e. The molecule has 0 radical (unpaired) electrons. The molecule has 0 amide bonds. The summed E-state index contributed by atoms with van der Waals surface area (Å²) in [5.41, 5.74) is 0. The molecule has 3 heteroatoms. The monoisotopic (exact) mass is 102 g/mol. The first-order valence-electron chi connectivity index (χ1n) is 2.33. The summed E-state index contributed by atoms with van der Waals surface area (Å²) in [6.07, 6.45) is 0.227. The minimum absolute atomic E-state index is 0.227. The van der Waals surface area contributed by atoms with E-state index >= 15 is 0 Å². The molecule has 0 saturated carbocycles. The van der Waals surface area contributed by atoms with Crippen molar-refractivity contribution in [2.75, 3.05) is 13.7 Å². The zero-order valence-electron chi connectivity index (χ0n) is 5.10. The first kappa shape index (κ1) is 6.98. The Morgan fingerprint density at radius 1 is 1.71 bits per heavy atom. The van der Waals surface area contributed by atoms with Gasteiger partial charge in [0, 0.05) is 7.11 Å². The Bertz CT molecular complexity index is 40.7. The molecule has 7 heavy (non-hydrogen) atoms. The quantitative estimate of drug-likeness (QED) is 0.451. The van der Waals surface area contributed by atoms with Crippen LogP contribution in [0.4, 0.5) is 0 Å². The Morgan fingerprint density at radius 2 is 2.29 bits per heavy atom. The molecule has 0 aliphatic heterocycles. The second-order valence-corrected chi connectivity index (χ2v) is 1.50. The number of methoxy groups -OCH3 is 1. The lowest BCUT2D eigenvalue weighted by atomic mass is 10.4. The van der Waals surface area contributed by atoms with E-state index in [2.05, 4.69) is 0 Å². The summed E-state index contributed by atoms with van der Waals surface area (Å²) in [5, 5.41) is 0. The van der Waals surface area contributed by atoms with Gasteiger partial charge in [-0.3, -0.25) is 0 Å². The summed E-state index contributed by atoms with van der Waals surface area (Å²) in [7, 11) is 3.33. The van der Waals surface area contributed by atoms with Crippen LogP contribution in [0.5, 0.6) is 0 Å². The van der Waals surface area contributed by atoms with Crippen LogP contribution in [0.1, 0.15) is 6.92 Å². The highest BCUT2D eigenvalue weighted by molar-refractivity contribution is 5.97. The van der Waals surface area contributed by atoms with E-state index < -0.39 is 0 Å². The first-order chi connectivity index (χ1) is 3.31. The summed E-state index contributed by atoms with van der Waals surface area (Å²) in [5.74, 6) is 0. The lowest BCUT2D eigenvalue weighted by molar-refractivity contribution is 0.0751. The molecule has 0 aromatic carbocycles. The SMILES string of the molecule is BOCC(C)OC. The third-order valence-corrected chi connectivity index (χ3v) is 0.804. The predicted molar refractivity (Wildman–Crippen MR) is 31.0 cm³/mol. The van der Waals surface area contributed by atoms with Gasteiger partial charge in [-0.15, -0.1) is 0 Å². The molecule has 0 N–H and O–H groups in total. The molecule has 0 fully saturated rings. The highest BCUT2D eigenvalue weighted by Gasteiger charge is 1.92. The molecule has 42 valence electrons. The van der Waals surface area contributed by atoms with Crippen molar-refractivity contribution >= 4 is 8.05 Å². The van der Waals surface area contributed by atoms with Gasteiger partial charge in [0.05, 0.1) is 12.7 Å². The maximum absolute atomic E-state index is 4.87. The van der Waals surface area contributed by atoms with Crippen LogP contribution in [0, 0.1) is 0 Å². The van der Waals surface area contributed by atoms with Gasteiger partial charge in [-0.1, -0.05) is 0 Å². The van der Waals surface area contributed by atoms with Crippen LogP contribution < -0.4 is 0 Å². The van der Waals surface area contributed by atoms with Crippen molar-refractivity contribution in [3.63, 3.8) is 0 Å². The zero-order chi connectivity index (χ0) is 5.70. The van der Waals surface area contributed by atoms with Crippen LogP contribution in [-0.4, -0.2) is 27.9 Å². The molecule has 2 nitrogen and oxygen atoms in total. The van der Waals surface area contributed by atoms with Gasteiger partial charge >= 0.3 is 0 Å². The van der Waals surface area contributed by atoms with Gasteiger partial charge in [0.2, 0.25) is 0 Å². The number of hydrogen-bond acceptors (Lipinski definition) is 2. The maximum Gasteiger partial charge on any atom is 0.257 e. The van der Waals surface area contributed by atoms with Gasteiger partial charge < -0.3 is 9.39 Å². The van der Waals surface area contributed by atoms with Crippen molar-refractivity contribution in [1.29, 1.82) is 0 Å². The second-order valence-electron chi connectivity index (χ2n) is 1.50. The molecular formula is C4H11BO2. The van der Waals surface area contributed by atoms with E-state index in [0.717, 1.165) is 0 Å². The first-order valence-corrected chi connectivity index (χ1v) is 2.33. The van der Waals surface area contributed by atoms with Crippen LogP contribution in [0.15, 0.2) is 0 Å².